The summed E-state index contributed by atoms with van der Waals surface area (Å²) < 4.78 is 6.20. The summed E-state index contributed by atoms with van der Waals surface area (Å²) in [5.41, 5.74) is 2.57. The largest absolute Gasteiger partial charge is 0.467 e. The maximum atomic E-state index is 13.5. The highest BCUT2D eigenvalue weighted by Crippen LogP contribution is 2.42. The number of hydrogen-bond donors (Lipinski definition) is 1. The molecule has 2 heterocycles. The van der Waals surface area contributed by atoms with Crippen LogP contribution >= 0.6 is 27.7 Å². The molecule has 1 N–H and O–H groups in total. The minimum Gasteiger partial charge on any atom is -0.467 e. The second-order valence-electron chi connectivity index (χ2n) is 7.50. The van der Waals surface area contributed by atoms with E-state index >= 15 is 0 Å². The van der Waals surface area contributed by atoms with Crippen molar-refractivity contribution in [3.8, 4) is 6.07 Å². The van der Waals surface area contributed by atoms with Crippen LogP contribution in [0.3, 0.4) is 0 Å². The van der Waals surface area contributed by atoms with Gasteiger partial charge in [-0.3, -0.25) is 14.5 Å². The van der Waals surface area contributed by atoms with Crippen LogP contribution in [0, 0.1) is 18.3 Å². The number of halogens is 1. The molecule has 0 saturated carbocycles. The van der Waals surface area contributed by atoms with Crippen molar-refractivity contribution < 1.29 is 14.0 Å². The first-order valence-electron chi connectivity index (χ1n) is 10.2. The summed E-state index contributed by atoms with van der Waals surface area (Å²) in [4.78, 5) is 27.9. The van der Waals surface area contributed by atoms with Gasteiger partial charge in [-0.15, -0.1) is 0 Å². The van der Waals surface area contributed by atoms with E-state index in [1.54, 1.807) is 12.1 Å². The molecule has 1 atom stereocenters. The predicted octanol–water partition coefficient (Wildman–Crippen LogP) is 5.09. The summed E-state index contributed by atoms with van der Waals surface area (Å²) >= 11 is 4.67. The summed E-state index contributed by atoms with van der Waals surface area (Å²) in [5.74, 6) is -0.136. The summed E-state index contributed by atoms with van der Waals surface area (Å²) in [6.07, 6.45) is 2.00. The van der Waals surface area contributed by atoms with E-state index in [0.717, 1.165) is 15.6 Å². The normalized spacial score (nSPS) is 17.1. The average molecular weight is 522 g/mol. The van der Waals surface area contributed by atoms with E-state index in [9.17, 15) is 14.9 Å². The Morgan fingerprint density at radius 3 is 2.55 bits per heavy atom. The van der Waals surface area contributed by atoms with Crippen LogP contribution in [0.1, 0.15) is 16.9 Å². The molecule has 1 fully saturated rings. The molecule has 8 heteroatoms. The monoisotopic (exact) mass is 521 g/mol. The third-order valence-corrected chi connectivity index (χ3v) is 6.93. The van der Waals surface area contributed by atoms with Crippen LogP contribution in [0.25, 0.3) is 0 Å². The molecule has 0 spiro atoms. The molecule has 0 unspecified atom stereocenters. The summed E-state index contributed by atoms with van der Waals surface area (Å²) in [5, 5.41) is 12.5. The molecule has 0 aliphatic carbocycles. The topological polar surface area (TPSA) is 86.3 Å². The van der Waals surface area contributed by atoms with Gasteiger partial charge in [-0.05, 0) is 55.3 Å². The van der Waals surface area contributed by atoms with Crippen LogP contribution in [-0.4, -0.2) is 17.1 Å². The Balaban J connectivity index is 1.67. The fraction of sp³-hybridized carbons (Fsp3) is 0.160. The highest BCUT2D eigenvalue weighted by atomic mass is 79.9. The van der Waals surface area contributed by atoms with Gasteiger partial charge in [0.2, 0.25) is 5.91 Å². The SMILES string of the molecule is Cc1ccc(N2C(=O)[C@@H](Cc3ccc(Br)cc3)S/C2=C(/C#N)C(=O)NCc2ccco2)cc1. The second kappa shape index (κ2) is 10.1. The molecule has 0 radical (unpaired) electrons. The molecule has 166 valence electrons. The predicted molar refractivity (Wildman–Crippen MR) is 131 cm³/mol. The fourth-order valence-corrected chi connectivity index (χ4v) is 4.99. The first kappa shape index (κ1) is 22.9. The van der Waals surface area contributed by atoms with Crippen molar-refractivity contribution in [3.63, 3.8) is 0 Å². The lowest BCUT2D eigenvalue weighted by Crippen LogP contribution is -2.32. The molecule has 33 heavy (non-hydrogen) atoms. The first-order valence-corrected chi connectivity index (χ1v) is 11.9. The van der Waals surface area contributed by atoms with Crippen LogP contribution in [0.15, 0.2) is 86.4 Å². The van der Waals surface area contributed by atoms with Gasteiger partial charge in [-0.2, -0.15) is 5.26 Å². The minimum atomic E-state index is -0.550. The highest BCUT2D eigenvalue weighted by Gasteiger charge is 2.40. The molecular weight excluding hydrogens is 502 g/mol. The summed E-state index contributed by atoms with van der Waals surface area (Å²) in [7, 11) is 0. The zero-order valence-electron chi connectivity index (χ0n) is 17.7. The Kier molecular flexibility index (Phi) is 7.02. The smallest absolute Gasteiger partial charge is 0.265 e. The first-order chi connectivity index (χ1) is 16.0. The van der Waals surface area contributed by atoms with Crippen molar-refractivity contribution in [3.05, 3.63) is 98.9 Å². The minimum absolute atomic E-state index is 0.0983. The van der Waals surface area contributed by atoms with Crippen LogP contribution in [-0.2, 0) is 22.6 Å². The number of thioether (sulfide) groups is 1. The lowest BCUT2D eigenvalue weighted by atomic mass is 10.1. The molecule has 2 amide bonds. The van der Waals surface area contributed by atoms with Crippen molar-refractivity contribution in [1.29, 1.82) is 5.26 Å². The molecule has 3 aromatic rings. The van der Waals surface area contributed by atoms with E-state index in [1.165, 1.54) is 22.9 Å². The number of carbonyl (C=O) groups excluding carboxylic acids is 2. The van der Waals surface area contributed by atoms with E-state index in [-0.39, 0.29) is 18.0 Å². The Labute approximate surface area is 204 Å². The Morgan fingerprint density at radius 2 is 1.91 bits per heavy atom. The molecule has 1 aliphatic rings. The zero-order valence-corrected chi connectivity index (χ0v) is 20.2. The third-order valence-electron chi connectivity index (χ3n) is 5.14. The molecular formula is C25H20BrN3O3S. The highest BCUT2D eigenvalue weighted by molar-refractivity contribution is 9.10. The number of nitrogens with one attached hydrogen (secondary N) is 1. The number of aryl methyl sites for hydroxylation is 1. The van der Waals surface area contributed by atoms with Crippen molar-refractivity contribution in [2.24, 2.45) is 0 Å². The van der Waals surface area contributed by atoms with Crippen LogP contribution in [0.5, 0.6) is 0 Å². The van der Waals surface area contributed by atoms with Gasteiger partial charge >= 0.3 is 0 Å². The van der Waals surface area contributed by atoms with E-state index in [4.69, 9.17) is 4.42 Å². The standard InChI is InChI=1S/C25H20BrN3O3S/c1-16-4-10-19(11-5-16)29-24(31)22(13-17-6-8-18(26)9-7-17)33-25(29)21(14-27)23(30)28-15-20-3-2-12-32-20/h2-12,22H,13,15H2,1H3,(H,28,30)/b25-21-/t22-/m1/s1. The molecule has 0 bridgehead atoms. The van der Waals surface area contributed by atoms with Gasteiger partial charge < -0.3 is 9.73 Å². The van der Waals surface area contributed by atoms with Crippen LogP contribution in [0.2, 0.25) is 0 Å². The van der Waals surface area contributed by atoms with E-state index < -0.39 is 11.2 Å². The van der Waals surface area contributed by atoms with Crippen LogP contribution in [0.4, 0.5) is 5.69 Å². The maximum absolute atomic E-state index is 13.5. The van der Waals surface area contributed by atoms with Gasteiger partial charge in [0.05, 0.1) is 18.1 Å². The number of benzene rings is 2. The van der Waals surface area contributed by atoms with Gasteiger partial charge in [0.1, 0.15) is 22.4 Å². The van der Waals surface area contributed by atoms with Gasteiger partial charge in [0.15, 0.2) is 0 Å². The molecule has 2 aromatic carbocycles. The number of nitriles is 1. The lowest BCUT2D eigenvalue weighted by molar-refractivity contribution is -0.117. The van der Waals surface area contributed by atoms with Crippen molar-refractivity contribution in [2.45, 2.75) is 25.1 Å². The molecule has 1 saturated heterocycles. The summed E-state index contributed by atoms with van der Waals surface area (Å²) in [6.45, 7) is 2.11. The number of rotatable bonds is 6. The number of carbonyl (C=O) groups is 2. The summed E-state index contributed by atoms with van der Waals surface area (Å²) in [6, 6.07) is 20.7. The molecule has 6 nitrogen and oxygen atoms in total. The Hall–Kier alpha value is -3.28. The van der Waals surface area contributed by atoms with Crippen molar-refractivity contribution in [1.82, 2.24) is 5.32 Å². The van der Waals surface area contributed by atoms with Crippen molar-refractivity contribution >= 4 is 45.2 Å². The van der Waals surface area contributed by atoms with Gasteiger partial charge in [0.25, 0.3) is 5.91 Å². The molecule has 1 aromatic heterocycles. The lowest BCUT2D eigenvalue weighted by Gasteiger charge is -2.19. The van der Waals surface area contributed by atoms with Gasteiger partial charge in [-0.1, -0.05) is 57.5 Å². The van der Waals surface area contributed by atoms with E-state index in [0.29, 0.717) is 22.9 Å². The Bertz CT molecular complexity index is 1230. The maximum Gasteiger partial charge on any atom is 0.265 e. The fourth-order valence-electron chi connectivity index (χ4n) is 3.42. The zero-order chi connectivity index (χ0) is 23.4. The third kappa shape index (κ3) is 5.21. The van der Waals surface area contributed by atoms with E-state index in [2.05, 4.69) is 21.2 Å². The van der Waals surface area contributed by atoms with Gasteiger partial charge in [-0.25, -0.2) is 0 Å². The number of hydrogen-bond acceptors (Lipinski definition) is 5. The van der Waals surface area contributed by atoms with Crippen LogP contribution < -0.4 is 10.2 Å². The molecule has 4 rings (SSSR count). The average Bonchev–Trinajstić information content (AvgIpc) is 3.44. The number of nitrogens with zero attached hydrogens (tertiary/aromatic N) is 2. The number of furan rings is 1. The Morgan fingerprint density at radius 1 is 1.18 bits per heavy atom. The second-order valence-corrected chi connectivity index (χ2v) is 9.61. The van der Waals surface area contributed by atoms with Crippen molar-refractivity contribution in [2.75, 3.05) is 4.90 Å². The number of anilines is 1. The molecule has 1 aliphatic heterocycles. The van der Waals surface area contributed by atoms with Gasteiger partial charge in [0, 0.05) is 10.2 Å². The quantitative estimate of drug-likeness (QED) is 0.360. The number of amides is 2. The van der Waals surface area contributed by atoms with E-state index in [1.807, 2.05) is 61.5 Å².